The summed E-state index contributed by atoms with van der Waals surface area (Å²) in [7, 11) is 0. The van der Waals surface area contributed by atoms with E-state index in [1.165, 1.54) is 16.2 Å². The molecule has 2 aromatic carbocycles. The molecule has 0 spiro atoms. The molecule has 1 aliphatic carbocycles. The summed E-state index contributed by atoms with van der Waals surface area (Å²) in [5, 5.41) is 8.34. The molecule has 8 heteroatoms. The van der Waals surface area contributed by atoms with Gasteiger partial charge in [-0.15, -0.1) is 11.3 Å². The molecule has 1 atom stereocenters. The number of primary amides is 1. The standard InChI is InChI=1S/C25H26BrN3O2S2/c1-25(2,3)13-10-11-17-19(12-13)33-23(20(17)21(27)30)29-24(32)28-22(31)16-8-4-7-15-14(16)6-5-9-18(15)26/h4-9,13H,10-12H2,1-3H3,(H2,27,30)(H2,28,29,31,32)/t13-/m0/s1. The molecule has 1 aromatic heterocycles. The van der Waals surface area contributed by atoms with Crippen LogP contribution in [0, 0.1) is 11.3 Å². The lowest BCUT2D eigenvalue weighted by Crippen LogP contribution is -2.34. The van der Waals surface area contributed by atoms with Crippen molar-refractivity contribution in [3.8, 4) is 0 Å². The van der Waals surface area contributed by atoms with Gasteiger partial charge in [-0.05, 0) is 71.3 Å². The number of benzene rings is 2. The highest BCUT2D eigenvalue weighted by Gasteiger charge is 2.33. The van der Waals surface area contributed by atoms with E-state index in [0.717, 1.165) is 40.1 Å². The van der Waals surface area contributed by atoms with Gasteiger partial charge < -0.3 is 11.1 Å². The van der Waals surface area contributed by atoms with Crippen LogP contribution in [0.2, 0.25) is 0 Å². The van der Waals surface area contributed by atoms with E-state index in [2.05, 4.69) is 47.3 Å². The van der Waals surface area contributed by atoms with E-state index >= 15 is 0 Å². The van der Waals surface area contributed by atoms with Crippen molar-refractivity contribution in [1.82, 2.24) is 5.32 Å². The van der Waals surface area contributed by atoms with Crippen LogP contribution >= 0.6 is 39.5 Å². The zero-order valence-electron chi connectivity index (χ0n) is 18.8. The van der Waals surface area contributed by atoms with Gasteiger partial charge in [0, 0.05) is 14.9 Å². The highest BCUT2D eigenvalue weighted by atomic mass is 79.9. The number of amides is 2. The van der Waals surface area contributed by atoms with Gasteiger partial charge in [-0.1, -0.05) is 61.0 Å². The van der Waals surface area contributed by atoms with Gasteiger partial charge in [-0.2, -0.15) is 0 Å². The van der Waals surface area contributed by atoms with Gasteiger partial charge in [0.05, 0.1) is 5.56 Å². The summed E-state index contributed by atoms with van der Waals surface area (Å²) in [6, 6.07) is 11.3. The fraction of sp³-hybridized carbons (Fsp3) is 0.320. The molecule has 3 aromatic rings. The van der Waals surface area contributed by atoms with E-state index in [-0.39, 0.29) is 16.4 Å². The summed E-state index contributed by atoms with van der Waals surface area (Å²) in [4.78, 5) is 26.5. The Kier molecular flexibility index (Phi) is 6.62. The first-order valence-corrected chi connectivity index (χ1v) is 12.8. The fourth-order valence-electron chi connectivity index (χ4n) is 4.45. The molecule has 4 N–H and O–H groups in total. The lowest BCUT2D eigenvalue weighted by Gasteiger charge is -2.33. The van der Waals surface area contributed by atoms with Gasteiger partial charge in [0.15, 0.2) is 5.11 Å². The van der Waals surface area contributed by atoms with E-state index in [0.29, 0.717) is 22.0 Å². The van der Waals surface area contributed by atoms with Crippen LogP contribution < -0.4 is 16.4 Å². The summed E-state index contributed by atoms with van der Waals surface area (Å²) in [5.74, 6) is -0.252. The first kappa shape index (κ1) is 23.9. The van der Waals surface area contributed by atoms with Crippen LogP contribution in [0.5, 0.6) is 0 Å². The predicted octanol–water partition coefficient (Wildman–Crippen LogP) is 6.04. The quantitative estimate of drug-likeness (QED) is 0.351. The van der Waals surface area contributed by atoms with E-state index in [4.69, 9.17) is 18.0 Å². The number of carbonyl (C=O) groups excluding carboxylic acids is 2. The minimum absolute atomic E-state index is 0.139. The summed E-state index contributed by atoms with van der Waals surface area (Å²) in [6.07, 6.45) is 2.75. The SMILES string of the molecule is CC(C)(C)[C@H]1CCc2c(sc(NC(=S)NC(=O)c3cccc4c(Br)cccc34)c2C(N)=O)C1. The van der Waals surface area contributed by atoms with Crippen molar-refractivity contribution in [2.75, 3.05) is 5.32 Å². The summed E-state index contributed by atoms with van der Waals surface area (Å²) in [6.45, 7) is 6.75. The third-order valence-corrected chi connectivity index (χ3v) is 8.37. The van der Waals surface area contributed by atoms with Crippen molar-refractivity contribution in [3.63, 3.8) is 0 Å². The van der Waals surface area contributed by atoms with Crippen LogP contribution in [0.15, 0.2) is 40.9 Å². The van der Waals surface area contributed by atoms with Gasteiger partial charge in [-0.25, -0.2) is 0 Å². The molecule has 0 saturated carbocycles. The molecule has 0 fully saturated rings. The van der Waals surface area contributed by atoms with Crippen LogP contribution in [0.1, 0.15) is 58.3 Å². The van der Waals surface area contributed by atoms with Crippen molar-refractivity contribution in [2.45, 2.75) is 40.0 Å². The number of hydrogen-bond donors (Lipinski definition) is 3. The van der Waals surface area contributed by atoms with E-state index in [1.54, 1.807) is 6.07 Å². The molecular weight excluding hydrogens is 518 g/mol. The molecule has 0 bridgehead atoms. The Bertz CT molecular complexity index is 1280. The van der Waals surface area contributed by atoms with Crippen LogP contribution in [0.25, 0.3) is 10.8 Å². The first-order chi connectivity index (χ1) is 15.6. The Balaban J connectivity index is 1.56. The second-order valence-electron chi connectivity index (χ2n) is 9.43. The molecular formula is C25H26BrN3O2S2. The smallest absolute Gasteiger partial charge is 0.258 e. The maximum atomic E-state index is 13.0. The highest BCUT2D eigenvalue weighted by Crippen LogP contribution is 2.44. The number of hydrogen-bond acceptors (Lipinski definition) is 4. The minimum Gasteiger partial charge on any atom is -0.365 e. The van der Waals surface area contributed by atoms with Crippen molar-refractivity contribution >= 4 is 72.2 Å². The molecule has 0 radical (unpaired) electrons. The summed E-state index contributed by atoms with van der Waals surface area (Å²) in [5.41, 5.74) is 7.96. The number of halogens is 1. The third-order valence-electron chi connectivity index (χ3n) is 6.30. The van der Waals surface area contributed by atoms with Crippen LogP contribution in [-0.4, -0.2) is 16.9 Å². The maximum absolute atomic E-state index is 13.0. The Morgan fingerprint density at radius 2 is 1.85 bits per heavy atom. The maximum Gasteiger partial charge on any atom is 0.258 e. The summed E-state index contributed by atoms with van der Waals surface area (Å²) < 4.78 is 0.916. The lowest BCUT2D eigenvalue weighted by molar-refractivity contribution is 0.0977. The number of thiophene rings is 1. The van der Waals surface area contributed by atoms with Crippen molar-refractivity contribution < 1.29 is 9.59 Å². The number of nitrogens with one attached hydrogen (secondary N) is 2. The van der Waals surface area contributed by atoms with Gasteiger partial charge in [0.25, 0.3) is 11.8 Å². The average molecular weight is 545 g/mol. The molecule has 4 rings (SSSR count). The minimum atomic E-state index is -0.475. The highest BCUT2D eigenvalue weighted by molar-refractivity contribution is 9.10. The molecule has 33 heavy (non-hydrogen) atoms. The zero-order valence-corrected chi connectivity index (χ0v) is 22.0. The van der Waals surface area contributed by atoms with Gasteiger partial charge in [0.2, 0.25) is 0 Å². The van der Waals surface area contributed by atoms with Crippen molar-refractivity contribution in [2.24, 2.45) is 17.1 Å². The van der Waals surface area contributed by atoms with Gasteiger partial charge >= 0.3 is 0 Å². The molecule has 0 saturated heterocycles. The number of nitrogens with two attached hydrogens (primary N) is 1. The molecule has 1 heterocycles. The molecule has 0 aliphatic heterocycles. The third kappa shape index (κ3) is 4.83. The van der Waals surface area contributed by atoms with Crippen LogP contribution in [-0.2, 0) is 12.8 Å². The van der Waals surface area contributed by atoms with Crippen LogP contribution in [0.3, 0.4) is 0 Å². The number of carbonyl (C=O) groups is 2. The van der Waals surface area contributed by atoms with Crippen molar-refractivity contribution in [1.29, 1.82) is 0 Å². The van der Waals surface area contributed by atoms with E-state index in [9.17, 15) is 9.59 Å². The monoisotopic (exact) mass is 543 g/mol. The average Bonchev–Trinajstić information content (AvgIpc) is 3.10. The number of rotatable bonds is 3. The number of anilines is 1. The second kappa shape index (κ2) is 9.16. The Morgan fingerprint density at radius 1 is 1.15 bits per heavy atom. The molecule has 2 amide bonds. The number of thiocarbonyl (C=S) groups is 1. The number of fused-ring (bicyclic) bond motifs is 2. The predicted molar refractivity (Wildman–Crippen MR) is 143 cm³/mol. The second-order valence-corrected chi connectivity index (χ2v) is 11.8. The van der Waals surface area contributed by atoms with Crippen molar-refractivity contribution in [3.05, 3.63) is 62.4 Å². The van der Waals surface area contributed by atoms with E-state index < -0.39 is 5.91 Å². The Labute approximate surface area is 211 Å². The normalized spacial score (nSPS) is 15.7. The molecule has 172 valence electrons. The first-order valence-electron chi connectivity index (χ1n) is 10.8. The topological polar surface area (TPSA) is 84.2 Å². The lowest BCUT2D eigenvalue weighted by atomic mass is 9.72. The molecule has 5 nitrogen and oxygen atoms in total. The molecule has 0 unspecified atom stereocenters. The largest absolute Gasteiger partial charge is 0.365 e. The van der Waals surface area contributed by atoms with Gasteiger partial charge in [0.1, 0.15) is 5.00 Å². The Morgan fingerprint density at radius 3 is 2.55 bits per heavy atom. The fourth-order valence-corrected chi connectivity index (χ4v) is 6.54. The zero-order chi connectivity index (χ0) is 23.9. The Hall–Kier alpha value is -2.29. The van der Waals surface area contributed by atoms with Gasteiger partial charge in [-0.3, -0.25) is 14.9 Å². The summed E-state index contributed by atoms with van der Waals surface area (Å²) >= 11 is 10.5. The van der Waals surface area contributed by atoms with E-state index in [1.807, 2.05) is 30.3 Å². The molecule has 1 aliphatic rings. The van der Waals surface area contributed by atoms with Crippen LogP contribution in [0.4, 0.5) is 5.00 Å².